The maximum absolute atomic E-state index is 10.4. The predicted molar refractivity (Wildman–Crippen MR) is 77.7 cm³/mol. The van der Waals surface area contributed by atoms with Crippen molar-refractivity contribution in [1.29, 1.82) is 0 Å². The van der Waals surface area contributed by atoms with Crippen LogP contribution in [0.25, 0.3) is 0 Å². The first-order chi connectivity index (χ1) is 8.87. The van der Waals surface area contributed by atoms with Crippen molar-refractivity contribution in [2.75, 3.05) is 6.61 Å². The number of hydrogen-bond acceptors (Lipinski definition) is 3. The zero-order valence-corrected chi connectivity index (χ0v) is 13.3. The van der Waals surface area contributed by atoms with Crippen molar-refractivity contribution in [2.45, 2.75) is 65.7 Å². The largest absolute Gasteiger partial charge is 0.390 e. The summed E-state index contributed by atoms with van der Waals surface area (Å²) in [6.45, 7) is 11.1. The minimum Gasteiger partial charge on any atom is -0.390 e. The summed E-state index contributed by atoms with van der Waals surface area (Å²) in [4.78, 5) is 0. The molecule has 0 aliphatic carbocycles. The number of aliphatic hydroxyl groups excluding tert-OH is 1. The van der Waals surface area contributed by atoms with Crippen molar-refractivity contribution >= 4 is 11.6 Å². The zero-order valence-electron chi connectivity index (χ0n) is 12.5. The van der Waals surface area contributed by atoms with Gasteiger partial charge in [0.1, 0.15) is 0 Å². The van der Waals surface area contributed by atoms with Crippen molar-refractivity contribution in [3.63, 3.8) is 0 Å². The van der Waals surface area contributed by atoms with E-state index < -0.39 is 11.7 Å². The highest BCUT2D eigenvalue weighted by atomic mass is 35.5. The highest BCUT2D eigenvalue weighted by molar-refractivity contribution is 6.31. The van der Waals surface area contributed by atoms with Crippen LogP contribution in [0.5, 0.6) is 0 Å². The van der Waals surface area contributed by atoms with E-state index in [0.29, 0.717) is 18.1 Å². The average molecular weight is 289 g/mol. The Bertz CT molecular complexity index is 416. The smallest absolute Gasteiger partial charge is 0.0887 e. The second-order valence-corrected chi connectivity index (χ2v) is 5.51. The molecule has 0 aliphatic rings. The molecule has 0 saturated carbocycles. The van der Waals surface area contributed by atoms with Crippen LogP contribution >= 0.6 is 11.6 Å². The van der Waals surface area contributed by atoms with E-state index in [9.17, 15) is 5.11 Å². The molecule has 1 atom stereocenters. The van der Waals surface area contributed by atoms with Crippen molar-refractivity contribution < 1.29 is 9.84 Å². The van der Waals surface area contributed by atoms with Crippen LogP contribution in [0.3, 0.4) is 0 Å². The highest BCUT2D eigenvalue weighted by Crippen LogP contribution is 2.26. The molecule has 1 aromatic rings. The van der Waals surface area contributed by atoms with E-state index in [2.05, 4.69) is 5.10 Å². The number of aliphatic hydroxyl groups is 1. The second-order valence-electron chi connectivity index (χ2n) is 5.13. The molecule has 0 radical (unpaired) electrons. The predicted octanol–water partition coefficient (Wildman–Crippen LogP) is 2.84. The summed E-state index contributed by atoms with van der Waals surface area (Å²) in [7, 11) is 0. The Labute approximate surface area is 120 Å². The lowest BCUT2D eigenvalue weighted by molar-refractivity contribution is -0.0960. The molecule has 0 amide bonds. The Morgan fingerprint density at radius 3 is 2.47 bits per heavy atom. The van der Waals surface area contributed by atoms with Crippen LogP contribution in [-0.4, -0.2) is 33.2 Å². The fourth-order valence-corrected chi connectivity index (χ4v) is 2.46. The van der Waals surface area contributed by atoms with E-state index in [1.54, 1.807) is 0 Å². The van der Waals surface area contributed by atoms with Gasteiger partial charge in [0.2, 0.25) is 0 Å². The molecular weight excluding hydrogens is 264 g/mol. The molecule has 0 bridgehead atoms. The number of ether oxygens (including phenoxy) is 1. The summed E-state index contributed by atoms with van der Waals surface area (Å²) in [5, 5.41) is 15.5. The summed E-state index contributed by atoms with van der Waals surface area (Å²) in [5.74, 6) is 0. The van der Waals surface area contributed by atoms with Crippen LogP contribution in [0.1, 0.15) is 46.0 Å². The molecule has 0 saturated heterocycles. The van der Waals surface area contributed by atoms with Gasteiger partial charge in [0.15, 0.2) is 0 Å². The lowest BCUT2D eigenvalue weighted by Crippen LogP contribution is -2.41. The number of nitrogens with zero attached hydrogens (tertiary/aromatic N) is 2. The molecule has 0 spiro atoms. The van der Waals surface area contributed by atoms with Crippen molar-refractivity contribution in [2.24, 2.45) is 0 Å². The normalized spacial score (nSPS) is 13.8. The summed E-state index contributed by atoms with van der Waals surface area (Å²) in [6, 6.07) is 0. The Morgan fingerprint density at radius 1 is 1.37 bits per heavy atom. The van der Waals surface area contributed by atoms with E-state index in [1.807, 2.05) is 39.3 Å². The minimum atomic E-state index is -0.614. The average Bonchev–Trinajstić information content (AvgIpc) is 2.66. The van der Waals surface area contributed by atoms with E-state index in [1.165, 1.54) is 0 Å². The van der Waals surface area contributed by atoms with Gasteiger partial charge in [-0.15, -0.1) is 0 Å². The fourth-order valence-electron chi connectivity index (χ4n) is 2.11. The van der Waals surface area contributed by atoms with Gasteiger partial charge in [-0.05, 0) is 34.1 Å². The van der Waals surface area contributed by atoms with Crippen LogP contribution in [-0.2, 0) is 24.1 Å². The maximum atomic E-state index is 10.4. The van der Waals surface area contributed by atoms with Gasteiger partial charge in [-0.2, -0.15) is 5.10 Å². The summed E-state index contributed by atoms with van der Waals surface area (Å²) < 4.78 is 7.45. The van der Waals surface area contributed by atoms with Gasteiger partial charge >= 0.3 is 0 Å². The third-order valence-electron chi connectivity index (χ3n) is 3.40. The molecule has 4 nitrogen and oxygen atoms in total. The van der Waals surface area contributed by atoms with Gasteiger partial charge < -0.3 is 9.84 Å². The molecule has 19 heavy (non-hydrogen) atoms. The zero-order chi connectivity index (χ0) is 14.6. The molecule has 0 fully saturated rings. The molecule has 1 aromatic heterocycles. The van der Waals surface area contributed by atoms with E-state index >= 15 is 0 Å². The quantitative estimate of drug-likeness (QED) is 0.839. The molecule has 110 valence electrons. The van der Waals surface area contributed by atoms with Crippen LogP contribution < -0.4 is 0 Å². The summed E-state index contributed by atoms with van der Waals surface area (Å²) in [6.07, 6.45) is 0.632. The number of aryl methyl sites for hydroxylation is 2. The lowest BCUT2D eigenvalue weighted by atomic mass is 9.97. The summed E-state index contributed by atoms with van der Waals surface area (Å²) >= 11 is 6.34. The molecule has 1 unspecified atom stereocenters. The SMILES string of the molecule is CCOC(C)(C)C(O)Cc1c(Cl)c(CC)nn1CC. The second kappa shape index (κ2) is 6.73. The monoisotopic (exact) mass is 288 g/mol. The topological polar surface area (TPSA) is 47.3 Å². The van der Waals surface area contributed by atoms with Crippen molar-refractivity contribution in [3.05, 3.63) is 16.4 Å². The van der Waals surface area contributed by atoms with Gasteiger partial charge in [0, 0.05) is 19.6 Å². The molecule has 0 aromatic carbocycles. The maximum Gasteiger partial charge on any atom is 0.0887 e. The van der Waals surface area contributed by atoms with E-state index in [0.717, 1.165) is 24.4 Å². The number of aromatic nitrogens is 2. The Hall–Kier alpha value is -0.580. The third kappa shape index (κ3) is 3.71. The van der Waals surface area contributed by atoms with Gasteiger partial charge in [0.25, 0.3) is 0 Å². The molecular formula is C14H25ClN2O2. The fraction of sp³-hybridized carbons (Fsp3) is 0.786. The van der Waals surface area contributed by atoms with Crippen molar-refractivity contribution in [3.8, 4) is 0 Å². The summed E-state index contributed by atoms with van der Waals surface area (Å²) in [5.41, 5.74) is 1.19. The number of halogens is 1. The van der Waals surface area contributed by atoms with Gasteiger partial charge in [-0.3, -0.25) is 4.68 Å². The molecule has 5 heteroatoms. The van der Waals surface area contributed by atoms with E-state index in [4.69, 9.17) is 16.3 Å². The van der Waals surface area contributed by atoms with Crippen LogP contribution in [0.2, 0.25) is 5.02 Å². The number of rotatable bonds is 7. The molecule has 0 aliphatic heterocycles. The molecule has 1 N–H and O–H groups in total. The van der Waals surface area contributed by atoms with E-state index in [-0.39, 0.29) is 0 Å². The van der Waals surface area contributed by atoms with Crippen molar-refractivity contribution in [1.82, 2.24) is 9.78 Å². The van der Waals surface area contributed by atoms with Crippen LogP contribution in [0.15, 0.2) is 0 Å². The lowest BCUT2D eigenvalue weighted by Gasteiger charge is -2.30. The first-order valence-electron chi connectivity index (χ1n) is 6.93. The Kier molecular flexibility index (Phi) is 5.83. The van der Waals surface area contributed by atoms with Crippen LogP contribution in [0, 0.1) is 0 Å². The molecule has 1 rings (SSSR count). The highest BCUT2D eigenvalue weighted by Gasteiger charge is 2.30. The first kappa shape index (κ1) is 16.5. The first-order valence-corrected chi connectivity index (χ1v) is 7.31. The molecule has 1 heterocycles. The van der Waals surface area contributed by atoms with Gasteiger partial charge in [-0.1, -0.05) is 18.5 Å². The minimum absolute atomic E-state index is 0.451. The standard InChI is InChI=1S/C14H25ClN2O2/c1-6-10-13(15)11(17(7-2)16-10)9-12(18)14(4,5)19-8-3/h12,18H,6-9H2,1-5H3. The Balaban J connectivity index is 2.95. The van der Waals surface area contributed by atoms with Gasteiger partial charge in [0.05, 0.1) is 28.1 Å². The Morgan fingerprint density at radius 2 is 2.00 bits per heavy atom. The third-order valence-corrected chi connectivity index (χ3v) is 3.84. The number of hydrogen-bond donors (Lipinski definition) is 1. The van der Waals surface area contributed by atoms with Gasteiger partial charge in [-0.25, -0.2) is 0 Å². The van der Waals surface area contributed by atoms with Crippen LogP contribution in [0.4, 0.5) is 0 Å².